The zero-order valence-corrected chi connectivity index (χ0v) is 20.1. The summed E-state index contributed by atoms with van der Waals surface area (Å²) in [5.41, 5.74) is 3.42. The fraction of sp³-hybridized carbons (Fsp3) is 0.615. The molecule has 0 saturated carbocycles. The third-order valence-electron chi connectivity index (χ3n) is 5.15. The Morgan fingerprint density at radius 2 is 1.67 bits per heavy atom. The van der Waals surface area contributed by atoms with Gasteiger partial charge in [0.25, 0.3) is 0 Å². The van der Waals surface area contributed by atoms with Crippen LogP contribution in [0.3, 0.4) is 0 Å². The van der Waals surface area contributed by atoms with Crippen LogP contribution < -0.4 is 5.32 Å². The molecule has 2 N–H and O–H groups in total. The van der Waals surface area contributed by atoms with Gasteiger partial charge in [0.05, 0.1) is 11.3 Å². The lowest BCUT2D eigenvalue weighted by Crippen LogP contribution is -2.35. The Kier molecular flexibility index (Phi) is 10.3. The van der Waals surface area contributed by atoms with E-state index in [1.165, 1.54) is 5.57 Å². The quantitative estimate of drug-likeness (QED) is 0.229. The van der Waals surface area contributed by atoms with Gasteiger partial charge in [0.15, 0.2) is 5.76 Å². The SMILES string of the molecule is CCCCCC1=C(NCC(C)(C)C)C(=O)C(C/C=C(\C)CCC=C(C)C)=C(O)C1=O. The van der Waals surface area contributed by atoms with Crippen LogP contribution in [-0.2, 0) is 9.59 Å². The van der Waals surface area contributed by atoms with E-state index in [9.17, 15) is 14.7 Å². The van der Waals surface area contributed by atoms with Crippen LogP contribution in [0.2, 0.25) is 0 Å². The van der Waals surface area contributed by atoms with Crippen molar-refractivity contribution in [3.05, 3.63) is 45.9 Å². The third-order valence-corrected chi connectivity index (χ3v) is 5.15. The van der Waals surface area contributed by atoms with Gasteiger partial charge in [0, 0.05) is 12.1 Å². The first kappa shape index (κ1) is 25.9. The fourth-order valence-corrected chi connectivity index (χ4v) is 3.28. The number of allylic oxidation sites excluding steroid dienone is 6. The second kappa shape index (κ2) is 11.9. The van der Waals surface area contributed by atoms with Crippen molar-refractivity contribution in [3.63, 3.8) is 0 Å². The highest BCUT2D eigenvalue weighted by atomic mass is 16.3. The number of unbranched alkanes of at least 4 members (excludes halogenated alkanes) is 2. The van der Waals surface area contributed by atoms with Crippen LogP contribution in [0.5, 0.6) is 0 Å². The van der Waals surface area contributed by atoms with Crippen molar-refractivity contribution in [2.75, 3.05) is 6.54 Å². The summed E-state index contributed by atoms with van der Waals surface area (Å²) in [6, 6.07) is 0. The molecule has 0 spiro atoms. The fourth-order valence-electron chi connectivity index (χ4n) is 3.28. The minimum atomic E-state index is -0.396. The van der Waals surface area contributed by atoms with Crippen molar-refractivity contribution in [1.82, 2.24) is 5.32 Å². The molecule has 0 unspecified atom stereocenters. The number of carbonyl (C=O) groups excluding carboxylic acids is 2. The van der Waals surface area contributed by atoms with Crippen LogP contribution in [0.1, 0.15) is 93.4 Å². The van der Waals surface area contributed by atoms with Crippen molar-refractivity contribution < 1.29 is 14.7 Å². The van der Waals surface area contributed by atoms with Gasteiger partial charge < -0.3 is 10.4 Å². The number of rotatable bonds is 11. The molecule has 4 heteroatoms. The van der Waals surface area contributed by atoms with E-state index in [4.69, 9.17) is 0 Å². The Morgan fingerprint density at radius 3 is 2.23 bits per heavy atom. The second-order valence-electron chi connectivity index (χ2n) is 9.79. The molecule has 0 heterocycles. The number of Topliss-reactive ketones (excluding diaryl/α,β-unsaturated/α-hetero) is 2. The normalized spacial score (nSPS) is 15.8. The Bertz CT molecular complexity index is 754. The maximum Gasteiger partial charge on any atom is 0.225 e. The molecule has 168 valence electrons. The Balaban J connectivity index is 3.08. The van der Waals surface area contributed by atoms with E-state index in [0.717, 1.165) is 37.7 Å². The van der Waals surface area contributed by atoms with Gasteiger partial charge in [-0.1, -0.05) is 63.8 Å². The third kappa shape index (κ3) is 8.33. The summed E-state index contributed by atoms with van der Waals surface area (Å²) in [5.74, 6) is -1.01. The molecule has 0 fully saturated rings. The van der Waals surface area contributed by atoms with Gasteiger partial charge in [0.2, 0.25) is 11.6 Å². The average Bonchev–Trinajstić information content (AvgIpc) is 2.64. The zero-order chi connectivity index (χ0) is 22.9. The maximum atomic E-state index is 13.2. The number of hydrogen-bond acceptors (Lipinski definition) is 4. The highest BCUT2D eigenvalue weighted by molar-refractivity contribution is 6.24. The molecule has 0 aromatic rings. The van der Waals surface area contributed by atoms with Gasteiger partial charge in [-0.3, -0.25) is 9.59 Å². The van der Waals surface area contributed by atoms with Gasteiger partial charge in [0.1, 0.15) is 0 Å². The van der Waals surface area contributed by atoms with E-state index in [-0.39, 0.29) is 29.0 Å². The topological polar surface area (TPSA) is 66.4 Å². The molecular weight excluding hydrogens is 374 g/mol. The van der Waals surface area contributed by atoms with Crippen molar-refractivity contribution >= 4 is 11.6 Å². The number of aliphatic hydroxyl groups excluding tert-OH is 1. The van der Waals surface area contributed by atoms with E-state index >= 15 is 0 Å². The first-order valence-corrected chi connectivity index (χ1v) is 11.3. The van der Waals surface area contributed by atoms with E-state index in [1.54, 1.807) is 0 Å². The maximum absolute atomic E-state index is 13.2. The number of carbonyl (C=O) groups is 2. The highest BCUT2D eigenvalue weighted by Gasteiger charge is 2.34. The molecule has 0 saturated heterocycles. The standard InChI is InChI=1S/C26H41NO3/c1-8-9-10-14-20-22(27-17-26(5,6)7)23(28)21(25(30)24(20)29)16-15-19(4)13-11-12-18(2)3/h12,15,27,30H,8-11,13-14,16-17H2,1-7H3/b19-15+. The van der Waals surface area contributed by atoms with E-state index in [2.05, 4.69) is 52.9 Å². The molecule has 4 nitrogen and oxygen atoms in total. The highest BCUT2D eigenvalue weighted by Crippen LogP contribution is 2.29. The predicted octanol–water partition coefficient (Wildman–Crippen LogP) is 6.50. The molecule has 1 rings (SSSR count). The van der Waals surface area contributed by atoms with Crippen molar-refractivity contribution in [2.24, 2.45) is 5.41 Å². The number of ketones is 2. The van der Waals surface area contributed by atoms with Crippen molar-refractivity contribution in [1.29, 1.82) is 0 Å². The summed E-state index contributed by atoms with van der Waals surface area (Å²) in [6.07, 6.45) is 9.63. The summed E-state index contributed by atoms with van der Waals surface area (Å²) < 4.78 is 0. The van der Waals surface area contributed by atoms with Gasteiger partial charge in [-0.2, -0.15) is 0 Å². The molecule has 0 aliphatic heterocycles. The predicted molar refractivity (Wildman–Crippen MR) is 125 cm³/mol. The zero-order valence-electron chi connectivity index (χ0n) is 20.1. The first-order valence-electron chi connectivity index (χ1n) is 11.3. The van der Waals surface area contributed by atoms with Gasteiger partial charge in [-0.15, -0.1) is 0 Å². The smallest absolute Gasteiger partial charge is 0.225 e. The van der Waals surface area contributed by atoms with Gasteiger partial charge in [-0.05, 0) is 58.3 Å². The summed E-state index contributed by atoms with van der Waals surface area (Å²) in [7, 11) is 0. The van der Waals surface area contributed by atoms with E-state index in [0.29, 0.717) is 24.2 Å². The lowest BCUT2D eigenvalue weighted by molar-refractivity contribution is -0.118. The molecule has 0 amide bonds. The minimum absolute atomic E-state index is 0.0321. The van der Waals surface area contributed by atoms with Crippen LogP contribution in [0.4, 0.5) is 0 Å². The molecular formula is C26H41NO3. The number of aliphatic hydroxyl groups is 1. The molecule has 0 aromatic carbocycles. The van der Waals surface area contributed by atoms with Crippen LogP contribution in [0, 0.1) is 5.41 Å². The molecule has 0 bridgehead atoms. The lowest BCUT2D eigenvalue weighted by atomic mass is 9.86. The molecule has 0 radical (unpaired) electrons. The average molecular weight is 416 g/mol. The number of nitrogens with one attached hydrogen (secondary N) is 1. The molecule has 0 aromatic heterocycles. The monoisotopic (exact) mass is 415 g/mol. The van der Waals surface area contributed by atoms with Crippen molar-refractivity contribution in [3.8, 4) is 0 Å². The van der Waals surface area contributed by atoms with Crippen LogP contribution in [-0.4, -0.2) is 23.2 Å². The molecule has 1 aliphatic carbocycles. The van der Waals surface area contributed by atoms with Gasteiger partial charge in [-0.25, -0.2) is 0 Å². The summed E-state index contributed by atoms with van der Waals surface area (Å²) in [4.78, 5) is 26.1. The summed E-state index contributed by atoms with van der Waals surface area (Å²) in [5, 5.41) is 13.8. The number of hydrogen-bond donors (Lipinski definition) is 2. The Labute approximate surface area is 183 Å². The Hall–Kier alpha value is -2.10. The van der Waals surface area contributed by atoms with Crippen LogP contribution in [0.25, 0.3) is 0 Å². The summed E-state index contributed by atoms with van der Waals surface area (Å²) >= 11 is 0. The Morgan fingerprint density at radius 1 is 1.00 bits per heavy atom. The second-order valence-corrected chi connectivity index (χ2v) is 9.79. The lowest BCUT2D eigenvalue weighted by Gasteiger charge is -2.26. The van der Waals surface area contributed by atoms with Crippen LogP contribution in [0.15, 0.2) is 45.9 Å². The van der Waals surface area contributed by atoms with E-state index < -0.39 is 5.78 Å². The van der Waals surface area contributed by atoms with Crippen LogP contribution >= 0.6 is 0 Å². The molecule has 0 atom stereocenters. The molecule has 1 aliphatic rings. The largest absolute Gasteiger partial charge is 0.504 e. The van der Waals surface area contributed by atoms with E-state index in [1.807, 2.05) is 13.0 Å². The molecule has 30 heavy (non-hydrogen) atoms. The van der Waals surface area contributed by atoms with Gasteiger partial charge >= 0.3 is 0 Å². The first-order chi connectivity index (χ1) is 14.0. The van der Waals surface area contributed by atoms with Crippen molar-refractivity contribution in [2.45, 2.75) is 93.4 Å². The minimum Gasteiger partial charge on any atom is -0.504 e. The summed E-state index contributed by atoms with van der Waals surface area (Å²) in [6.45, 7) is 15.1.